The van der Waals surface area contributed by atoms with Gasteiger partial charge < -0.3 is 14.9 Å². The van der Waals surface area contributed by atoms with Crippen LogP contribution in [0.25, 0.3) is 21.1 Å². The van der Waals surface area contributed by atoms with E-state index in [1.807, 2.05) is 26.1 Å². The third kappa shape index (κ3) is 4.88. The number of hydrogen-bond acceptors (Lipinski definition) is 8. The highest BCUT2D eigenvalue weighted by atomic mass is 32.1. The molecule has 1 unspecified atom stereocenters. The molecule has 0 radical (unpaired) electrons. The Labute approximate surface area is 248 Å². The summed E-state index contributed by atoms with van der Waals surface area (Å²) in [6.07, 6.45) is 0.823. The predicted octanol–water partition coefficient (Wildman–Crippen LogP) is 6.01. The molecular formula is C32H35N5O4S. The average molecular weight is 586 g/mol. The molecule has 42 heavy (non-hydrogen) atoms. The number of aryl methyl sites for hydroxylation is 2. The fraction of sp³-hybridized carbons (Fsp3) is 0.375. The minimum absolute atomic E-state index is 0.0142. The zero-order chi connectivity index (χ0) is 29.8. The maximum absolute atomic E-state index is 12.8. The number of rotatable bonds is 7. The van der Waals surface area contributed by atoms with E-state index in [2.05, 4.69) is 50.7 Å². The molecule has 10 heteroatoms. The summed E-state index contributed by atoms with van der Waals surface area (Å²) in [4.78, 5) is 19.5. The summed E-state index contributed by atoms with van der Waals surface area (Å²) >= 11 is 1.69. The molecular weight excluding hydrogens is 550 g/mol. The van der Waals surface area contributed by atoms with Crippen LogP contribution in [-0.4, -0.2) is 53.7 Å². The van der Waals surface area contributed by atoms with Gasteiger partial charge in [-0.2, -0.15) is 0 Å². The van der Waals surface area contributed by atoms with E-state index in [4.69, 9.17) is 4.74 Å². The van der Waals surface area contributed by atoms with Crippen molar-refractivity contribution in [1.29, 1.82) is 0 Å². The quantitative estimate of drug-likeness (QED) is 0.239. The number of pyridine rings is 1. The highest BCUT2D eigenvalue weighted by Gasteiger charge is 2.40. The van der Waals surface area contributed by atoms with Crippen molar-refractivity contribution in [2.45, 2.75) is 59.2 Å². The molecule has 6 rings (SSSR count). The second-order valence-electron chi connectivity index (χ2n) is 11.8. The van der Waals surface area contributed by atoms with Gasteiger partial charge in [0.25, 0.3) is 0 Å². The van der Waals surface area contributed by atoms with Crippen molar-refractivity contribution in [1.82, 2.24) is 24.9 Å². The molecule has 0 aliphatic carbocycles. The van der Waals surface area contributed by atoms with Gasteiger partial charge in [-0.15, -0.1) is 16.4 Å². The zero-order valence-electron chi connectivity index (χ0n) is 24.5. The van der Waals surface area contributed by atoms with Gasteiger partial charge in [0.05, 0.1) is 10.9 Å². The molecule has 5 aromatic rings. The molecule has 0 saturated heterocycles. The predicted molar refractivity (Wildman–Crippen MR) is 163 cm³/mol. The Kier molecular flexibility index (Phi) is 7.14. The summed E-state index contributed by atoms with van der Waals surface area (Å²) in [5, 5.41) is 32.3. The molecule has 2 atom stereocenters. The molecule has 1 aliphatic heterocycles. The van der Waals surface area contributed by atoms with Crippen LogP contribution >= 0.6 is 11.3 Å². The van der Waals surface area contributed by atoms with E-state index in [9.17, 15) is 15.0 Å². The molecule has 2 N–H and O–H groups in total. The lowest BCUT2D eigenvalue weighted by atomic mass is 9.69. The maximum Gasteiger partial charge on any atom is 0.310 e. The number of benzene rings is 2. The lowest BCUT2D eigenvalue weighted by molar-refractivity contribution is -0.147. The molecule has 3 aromatic heterocycles. The number of hydrogen-bond donors (Lipinski definition) is 2. The fourth-order valence-corrected chi connectivity index (χ4v) is 7.08. The molecule has 2 aromatic carbocycles. The molecule has 9 nitrogen and oxygen atoms in total. The van der Waals surface area contributed by atoms with Crippen LogP contribution in [0.5, 0.6) is 11.6 Å². The van der Waals surface area contributed by atoms with Crippen molar-refractivity contribution in [3.05, 3.63) is 75.8 Å². The monoisotopic (exact) mass is 585 g/mol. The van der Waals surface area contributed by atoms with E-state index >= 15 is 0 Å². The highest BCUT2D eigenvalue weighted by Crippen LogP contribution is 2.45. The largest absolute Gasteiger partial charge is 0.493 e. The van der Waals surface area contributed by atoms with Crippen LogP contribution in [0.15, 0.2) is 47.8 Å². The third-order valence-corrected chi connectivity index (χ3v) is 9.55. The first-order valence-corrected chi connectivity index (χ1v) is 15.0. The molecule has 0 fully saturated rings. The Balaban J connectivity index is 1.47. The van der Waals surface area contributed by atoms with Crippen molar-refractivity contribution in [2.24, 2.45) is 12.5 Å². The van der Waals surface area contributed by atoms with Gasteiger partial charge in [-0.05, 0) is 84.5 Å². The smallest absolute Gasteiger partial charge is 0.310 e. The van der Waals surface area contributed by atoms with E-state index in [-0.39, 0.29) is 12.0 Å². The summed E-state index contributed by atoms with van der Waals surface area (Å²) in [6.45, 7) is 9.57. The van der Waals surface area contributed by atoms with Crippen LogP contribution in [0.2, 0.25) is 0 Å². The molecule has 0 bridgehead atoms. The number of aromatic hydroxyl groups is 1. The summed E-state index contributed by atoms with van der Waals surface area (Å²) in [5.41, 5.74) is 5.23. The molecule has 4 heterocycles. The second-order valence-corrected chi connectivity index (χ2v) is 12.7. The maximum atomic E-state index is 12.8. The normalized spacial score (nSPS) is 16.7. The first-order chi connectivity index (χ1) is 20.1. The van der Waals surface area contributed by atoms with Crippen LogP contribution in [0.3, 0.4) is 0 Å². The van der Waals surface area contributed by atoms with Gasteiger partial charge in [0, 0.05) is 43.4 Å². The van der Waals surface area contributed by atoms with Crippen LogP contribution in [-0.2, 0) is 24.9 Å². The van der Waals surface area contributed by atoms with Gasteiger partial charge in [-0.3, -0.25) is 9.69 Å². The first-order valence-electron chi connectivity index (χ1n) is 14.2. The number of nitrogens with zero attached hydrogens (tertiary/aromatic N) is 5. The minimum Gasteiger partial charge on any atom is -0.493 e. The lowest BCUT2D eigenvalue weighted by Gasteiger charge is -2.33. The van der Waals surface area contributed by atoms with E-state index < -0.39 is 17.3 Å². The van der Waals surface area contributed by atoms with Gasteiger partial charge in [0.2, 0.25) is 5.88 Å². The Morgan fingerprint density at radius 3 is 2.79 bits per heavy atom. The second kappa shape index (κ2) is 10.7. The third-order valence-electron chi connectivity index (χ3n) is 8.54. The number of aromatic nitrogens is 4. The Morgan fingerprint density at radius 1 is 1.21 bits per heavy atom. The van der Waals surface area contributed by atoms with E-state index in [0.717, 1.165) is 45.1 Å². The van der Waals surface area contributed by atoms with Crippen LogP contribution in [0, 0.1) is 12.3 Å². The summed E-state index contributed by atoms with van der Waals surface area (Å²) in [5.74, 6) is -0.616. The van der Waals surface area contributed by atoms with Crippen molar-refractivity contribution in [3.8, 4) is 11.6 Å². The number of ether oxygens (including phenoxy) is 1. The van der Waals surface area contributed by atoms with Crippen LogP contribution in [0.1, 0.15) is 61.1 Å². The summed E-state index contributed by atoms with van der Waals surface area (Å²) < 4.78 is 9.16. The van der Waals surface area contributed by atoms with Crippen LogP contribution < -0.4 is 4.74 Å². The molecule has 218 valence electrons. The van der Waals surface area contributed by atoms with Gasteiger partial charge in [0.1, 0.15) is 23.1 Å². The molecule has 1 aliphatic rings. The summed E-state index contributed by atoms with van der Waals surface area (Å²) in [7, 11) is 1.86. The summed E-state index contributed by atoms with van der Waals surface area (Å²) in [6, 6.07) is 13.8. The Hall–Kier alpha value is -4.02. The van der Waals surface area contributed by atoms with Crippen LogP contribution in [0.4, 0.5) is 0 Å². The van der Waals surface area contributed by atoms with Gasteiger partial charge in [-0.25, -0.2) is 9.67 Å². The molecule has 0 saturated carbocycles. The van der Waals surface area contributed by atoms with Crippen molar-refractivity contribution in [3.63, 3.8) is 0 Å². The van der Waals surface area contributed by atoms with Crippen molar-refractivity contribution in [2.75, 3.05) is 6.54 Å². The average Bonchev–Trinajstić information content (AvgIpc) is 3.53. The van der Waals surface area contributed by atoms with E-state index in [0.29, 0.717) is 31.1 Å². The van der Waals surface area contributed by atoms with Gasteiger partial charge >= 0.3 is 5.97 Å². The number of fused-ring (bicyclic) bond motifs is 3. The number of thiophene rings is 1. The molecule has 0 amide bonds. The Bertz CT molecular complexity index is 1810. The topological polar surface area (TPSA) is 114 Å². The first kappa shape index (κ1) is 28.1. The van der Waals surface area contributed by atoms with E-state index in [1.165, 1.54) is 4.70 Å². The van der Waals surface area contributed by atoms with Crippen molar-refractivity contribution < 1.29 is 19.7 Å². The minimum atomic E-state index is -1.11. The SMILES string of the molecule is CC[C@@H]1CN(Cc2cc(C(c3ccc4c(nnn4C)c3C)C(C)(C)C(=O)O)cc3ccsc23)Cc2nc(O)ccc2O1. The van der Waals surface area contributed by atoms with Crippen molar-refractivity contribution >= 4 is 38.4 Å². The lowest BCUT2D eigenvalue weighted by Crippen LogP contribution is -2.33. The van der Waals surface area contributed by atoms with Gasteiger partial charge in [0.15, 0.2) is 0 Å². The van der Waals surface area contributed by atoms with E-state index in [1.54, 1.807) is 42.0 Å². The standard InChI is InChI=1S/C32H35N5O4S/c1-6-22-16-37(17-24-26(41-22)9-10-27(38)33-24)15-21-14-20(13-19-11-12-42-30(19)21)28(32(3,4)31(39)40)23-7-8-25-29(18(23)2)34-35-36(25)5/h7-14,22,28H,6,15-17H2,1-5H3,(H,33,38)(H,39,40)/t22-,28?/m1/s1. The highest BCUT2D eigenvalue weighted by molar-refractivity contribution is 7.17. The Morgan fingerprint density at radius 2 is 2.02 bits per heavy atom. The number of carboxylic acids is 1. The van der Waals surface area contributed by atoms with Gasteiger partial charge in [-0.1, -0.05) is 24.3 Å². The number of aliphatic carboxylic acids is 1. The fourth-order valence-electron chi connectivity index (χ4n) is 6.19. The number of carboxylic acid groups (broad SMARTS) is 1. The molecule has 0 spiro atoms. The zero-order valence-corrected chi connectivity index (χ0v) is 25.3. The number of carbonyl (C=O) groups is 1.